The monoisotopic (exact) mass is 504 g/mol. The van der Waals surface area contributed by atoms with Gasteiger partial charge in [0.05, 0.1) is 6.10 Å². The summed E-state index contributed by atoms with van der Waals surface area (Å²) in [6.07, 6.45) is -0.882. The number of hydrogen-bond acceptors (Lipinski definition) is 7. The van der Waals surface area contributed by atoms with Crippen LogP contribution in [0.25, 0.3) is 11.2 Å². The summed E-state index contributed by atoms with van der Waals surface area (Å²) in [6, 6.07) is 0. The van der Waals surface area contributed by atoms with Crippen molar-refractivity contribution in [1.82, 2.24) is 19.5 Å². The third kappa shape index (κ3) is 3.28. The van der Waals surface area contributed by atoms with Crippen molar-refractivity contribution in [3.8, 4) is 0 Å². The summed E-state index contributed by atoms with van der Waals surface area (Å²) in [5, 5.41) is 3.06. The van der Waals surface area contributed by atoms with Gasteiger partial charge >= 0.3 is 24.3 Å². The quantitative estimate of drug-likeness (QED) is 0.627. The fourth-order valence-electron chi connectivity index (χ4n) is 2.79. The number of anilines is 1. The molecule has 1 N–H and O–H groups in total. The normalized spacial score (nSPS) is 23.1. The predicted molar refractivity (Wildman–Crippen MR) is 87.5 cm³/mol. The Bertz CT molecular complexity index is 708. The van der Waals surface area contributed by atoms with E-state index >= 15 is 0 Å². The van der Waals surface area contributed by atoms with Crippen molar-refractivity contribution in [1.29, 1.82) is 0 Å². The molecule has 0 saturated carbocycles. The number of hydrogen-bond donors (Lipinski definition) is 1. The maximum absolute atomic E-state index is 5.77. The third-order valence-corrected chi connectivity index (χ3v) is 3.82. The molecule has 24 heavy (non-hydrogen) atoms. The van der Waals surface area contributed by atoms with E-state index in [2.05, 4.69) is 25.2 Å². The molecule has 0 aliphatic carbocycles. The van der Waals surface area contributed by atoms with Crippen LogP contribution in [0.2, 0.25) is 0 Å². The molecule has 0 bridgehead atoms. The van der Waals surface area contributed by atoms with Crippen LogP contribution >= 0.6 is 0 Å². The van der Waals surface area contributed by atoms with Gasteiger partial charge in [0.2, 0.25) is 0 Å². The molecule has 0 amide bonds. The number of methoxy groups -OCH3 is 2. The van der Waals surface area contributed by atoms with E-state index in [1.54, 1.807) is 20.8 Å². The van der Waals surface area contributed by atoms with Crippen LogP contribution in [0.5, 0.6) is 0 Å². The predicted octanol–water partition coefficient (Wildman–Crippen LogP) is 1.17. The van der Waals surface area contributed by atoms with Gasteiger partial charge < -0.3 is 19.5 Å². The van der Waals surface area contributed by atoms with Crippen molar-refractivity contribution in [2.24, 2.45) is 0 Å². The number of fused-ring (bicyclic) bond motifs is 1. The first-order valence-electron chi connectivity index (χ1n) is 7.35. The summed E-state index contributed by atoms with van der Waals surface area (Å²) in [7, 11) is 5.08. The Kier molecular flexibility index (Phi) is 6.57. The van der Waals surface area contributed by atoms with E-state index < -0.39 is 0 Å². The Hall–Kier alpha value is -1.21. The molecule has 2 unspecified atom stereocenters. The first-order chi connectivity index (χ1) is 11.6. The molecule has 2 aromatic heterocycles. The molecule has 8 nitrogen and oxygen atoms in total. The van der Waals surface area contributed by atoms with E-state index in [-0.39, 0.29) is 18.4 Å². The van der Waals surface area contributed by atoms with Crippen LogP contribution in [0.3, 0.4) is 0 Å². The standard InChI is InChI=1S/C14H20N5O3.CH2.W/c1-7-16-12(15-3)10-13(17-7)19(8(2)18-10)14-11(21-5)9(20-4)6-22-14;;/h6,9,11,14H,1-5H3,(H,15,16,17);1H2;/q-1;;/t9?,11?,14-;;/m1../s1. The van der Waals surface area contributed by atoms with Crippen LogP contribution in [-0.2, 0) is 33.6 Å². The minimum absolute atomic E-state index is 0.237. The van der Waals surface area contributed by atoms with E-state index in [0.717, 1.165) is 5.82 Å². The van der Waals surface area contributed by atoms with E-state index in [9.17, 15) is 0 Å². The van der Waals surface area contributed by atoms with Crippen LogP contribution in [0.4, 0.5) is 5.82 Å². The van der Waals surface area contributed by atoms with Gasteiger partial charge in [-0.15, -0.1) is 0 Å². The van der Waals surface area contributed by atoms with E-state index in [1.165, 1.54) is 19.4 Å². The van der Waals surface area contributed by atoms with Crippen molar-refractivity contribution < 1.29 is 33.6 Å². The number of aromatic nitrogens is 4. The van der Waals surface area contributed by atoms with Crippen molar-refractivity contribution in [3.05, 3.63) is 18.3 Å². The van der Waals surface area contributed by atoms with Gasteiger partial charge in [0.1, 0.15) is 17.9 Å². The van der Waals surface area contributed by atoms with Gasteiger partial charge in [-0.2, -0.15) is 6.61 Å². The van der Waals surface area contributed by atoms with Gasteiger partial charge in [-0.3, -0.25) is 4.57 Å². The van der Waals surface area contributed by atoms with Gasteiger partial charge in [0.15, 0.2) is 17.0 Å². The van der Waals surface area contributed by atoms with Gasteiger partial charge in [-0.25, -0.2) is 15.0 Å². The second-order valence-electron chi connectivity index (χ2n) is 5.13. The van der Waals surface area contributed by atoms with Gasteiger partial charge in [0.25, 0.3) is 0 Å². The van der Waals surface area contributed by atoms with Crippen LogP contribution in [-0.4, -0.2) is 57.9 Å². The molecular formula is C15H22N5O3W-. The van der Waals surface area contributed by atoms with Crippen molar-refractivity contribution in [2.75, 3.05) is 26.6 Å². The Morgan fingerprint density at radius 1 is 1.21 bits per heavy atom. The van der Waals surface area contributed by atoms with Crippen molar-refractivity contribution >= 4 is 21.9 Å². The van der Waals surface area contributed by atoms with Gasteiger partial charge in [-0.1, -0.05) is 0 Å². The second-order valence-corrected chi connectivity index (χ2v) is 5.13. The number of rotatable bonds is 4. The third-order valence-electron chi connectivity index (χ3n) is 3.82. The zero-order valence-corrected chi connectivity index (χ0v) is 17.4. The Morgan fingerprint density at radius 3 is 2.50 bits per heavy atom. The van der Waals surface area contributed by atoms with Crippen LogP contribution in [0, 0.1) is 20.5 Å². The Morgan fingerprint density at radius 2 is 1.92 bits per heavy atom. The van der Waals surface area contributed by atoms with Gasteiger partial charge in [0, 0.05) is 21.3 Å². The molecule has 1 fully saturated rings. The van der Waals surface area contributed by atoms with Crippen LogP contribution in [0.1, 0.15) is 17.9 Å². The number of imidazole rings is 1. The molecule has 1 aliphatic rings. The zero-order chi connectivity index (χ0) is 17.9. The topological polar surface area (TPSA) is 83.3 Å². The minimum atomic E-state index is -0.376. The zero-order valence-electron chi connectivity index (χ0n) is 14.4. The number of nitrogens with one attached hydrogen (secondary N) is 1. The molecule has 1 saturated heterocycles. The molecule has 132 valence electrons. The summed E-state index contributed by atoms with van der Waals surface area (Å²) in [5.41, 5.74) is 1.43. The molecular weight excluding hydrogens is 482 g/mol. The molecule has 3 heterocycles. The number of ether oxygens (including phenoxy) is 3. The summed E-state index contributed by atoms with van der Waals surface area (Å²) >= 11 is 1.33. The van der Waals surface area contributed by atoms with E-state index in [4.69, 9.17) is 14.2 Å². The first-order valence-corrected chi connectivity index (χ1v) is 9.42. The molecule has 0 spiro atoms. The summed E-state index contributed by atoms with van der Waals surface area (Å²) in [6.45, 7) is 5.41. The average molecular weight is 504 g/mol. The van der Waals surface area contributed by atoms with Gasteiger partial charge in [-0.05, 0) is 20.0 Å². The SMILES string of the molecule is CNc1nc(C)nc2c1nc(C)n2[C@@H]1O[CH-]C(OC)C1OC.[CH2]=[W]. The van der Waals surface area contributed by atoms with Crippen LogP contribution < -0.4 is 5.32 Å². The summed E-state index contributed by atoms with van der Waals surface area (Å²) in [5.74, 6) is 2.14. The van der Waals surface area contributed by atoms with E-state index in [0.29, 0.717) is 22.8 Å². The fraction of sp³-hybridized carbons (Fsp3) is 0.533. The molecule has 9 heteroatoms. The second kappa shape index (κ2) is 8.25. The average Bonchev–Trinajstić information content (AvgIpc) is 3.15. The maximum atomic E-state index is 5.77. The molecule has 1 aliphatic heterocycles. The Balaban J connectivity index is 0.00000100. The summed E-state index contributed by atoms with van der Waals surface area (Å²) in [4.78, 5) is 16.8. The molecule has 3 atom stereocenters. The van der Waals surface area contributed by atoms with Crippen LogP contribution in [0.15, 0.2) is 0 Å². The Labute approximate surface area is 152 Å². The van der Waals surface area contributed by atoms with E-state index in [1.807, 2.05) is 25.5 Å². The number of aryl methyl sites for hydroxylation is 2. The molecule has 3 rings (SSSR count). The first kappa shape index (κ1) is 19.1. The molecule has 0 radical (unpaired) electrons. The van der Waals surface area contributed by atoms with Crippen molar-refractivity contribution in [2.45, 2.75) is 32.3 Å². The molecule has 2 aromatic rings. The fourth-order valence-corrected chi connectivity index (χ4v) is 2.79. The number of nitrogens with zero attached hydrogens (tertiary/aromatic N) is 4. The molecule has 0 aromatic carbocycles. The summed E-state index contributed by atoms with van der Waals surface area (Å²) < 4.78 is 18.6. The van der Waals surface area contributed by atoms with Crippen molar-refractivity contribution in [3.63, 3.8) is 0 Å².